The van der Waals surface area contributed by atoms with Crippen LogP contribution in [0.1, 0.15) is 34.3 Å². The van der Waals surface area contributed by atoms with E-state index in [9.17, 15) is 9.59 Å². The summed E-state index contributed by atoms with van der Waals surface area (Å²) < 4.78 is 1.62. The fraction of sp³-hybridized carbons (Fsp3) is 0.370. The second kappa shape index (κ2) is 9.29. The number of carbonyl (C=O) groups excluding carboxylic acids is 1. The van der Waals surface area contributed by atoms with Gasteiger partial charge in [0.25, 0.3) is 5.91 Å². The van der Waals surface area contributed by atoms with Crippen molar-refractivity contribution in [2.24, 2.45) is 0 Å². The Morgan fingerprint density at radius 2 is 1.97 bits per heavy atom. The van der Waals surface area contributed by atoms with Gasteiger partial charge < -0.3 is 15.2 Å². The number of thioether (sulfide) groups is 1. The molecule has 0 unspecified atom stereocenters. The lowest BCUT2D eigenvalue weighted by Crippen LogP contribution is -2.46. The first-order valence-corrected chi connectivity index (χ1v) is 13.7. The van der Waals surface area contributed by atoms with Gasteiger partial charge in [0.05, 0.1) is 16.7 Å². The number of aromatic nitrogens is 3. The van der Waals surface area contributed by atoms with Crippen molar-refractivity contribution in [3.63, 3.8) is 0 Å². The van der Waals surface area contributed by atoms with Gasteiger partial charge in [-0.1, -0.05) is 0 Å². The van der Waals surface area contributed by atoms with E-state index in [-0.39, 0.29) is 11.6 Å². The molecule has 4 aromatic rings. The molecule has 1 aliphatic heterocycles. The summed E-state index contributed by atoms with van der Waals surface area (Å²) in [5.74, 6) is 0.0300. The largest absolute Gasteiger partial charge is 0.368 e. The fourth-order valence-electron chi connectivity index (χ4n) is 5.04. The predicted octanol–water partition coefficient (Wildman–Crippen LogP) is 3.42. The molecule has 1 aromatic carbocycles. The van der Waals surface area contributed by atoms with Gasteiger partial charge in [-0.2, -0.15) is 0 Å². The van der Waals surface area contributed by atoms with Crippen LogP contribution in [0.4, 0.5) is 5.69 Å². The molecule has 1 aliphatic carbocycles. The minimum Gasteiger partial charge on any atom is -0.368 e. The maximum Gasteiger partial charge on any atom is 0.330 e. The van der Waals surface area contributed by atoms with Crippen molar-refractivity contribution in [2.45, 2.75) is 37.2 Å². The second-order valence-corrected chi connectivity index (χ2v) is 10.6. The molecular weight excluding hydrogens is 472 g/mol. The highest BCUT2D eigenvalue weighted by Crippen LogP contribution is 2.31. The maximum absolute atomic E-state index is 12.5. The molecule has 3 aromatic heterocycles. The Morgan fingerprint density at radius 1 is 1.17 bits per heavy atom. The van der Waals surface area contributed by atoms with Crippen LogP contribution >= 0.6 is 11.8 Å². The summed E-state index contributed by atoms with van der Waals surface area (Å²) in [4.78, 5) is 38.6. The smallest absolute Gasteiger partial charge is 0.330 e. The summed E-state index contributed by atoms with van der Waals surface area (Å²) in [6, 6.07) is 10.4. The molecule has 1 saturated carbocycles. The van der Waals surface area contributed by atoms with Crippen LogP contribution in [0.15, 0.2) is 52.4 Å². The summed E-state index contributed by atoms with van der Waals surface area (Å²) in [6.45, 7) is 6.50. The van der Waals surface area contributed by atoms with Crippen LogP contribution in [-0.4, -0.2) is 63.7 Å². The lowest BCUT2D eigenvalue weighted by atomic mass is 10.1. The van der Waals surface area contributed by atoms with Gasteiger partial charge >= 0.3 is 5.69 Å². The van der Waals surface area contributed by atoms with Crippen LogP contribution in [0.5, 0.6) is 0 Å². The quantitative estimate of drug-likeness (QED) is 0.393. The highest BCUT2D eigenvalue weighted by molar-refractivity contribution is 7.98. The number of nitrogens with zero attached hydrogens (tertiary/aromatic N) is 4. The van der Waals surface area contributed by atoms with E-state index in [1.165, 1.54) is 5.69 Å². The third-order valence-electron chi connectivity index (χ3n) is 7.19. The number of anilines is 1. The number of nitrogens with one attached hydrogen (secondary N) is 2. The molecule has 0 atom stereocenters. The Kier molecular flexibility index (Phi) is 5.97. The summed E-state index contributed by atoms with van der Waals surface area (Å²) >= 11 is 1.69. The Bertz CT molecular complexity index is 1510. The van der Waals surface area contributed by atoms with E-state index in [2.05, 4.69) is 38.5 Å². The van der Waals surface area contributed by atoms with Gasteiger partial charge in [0.1, 0.15) is 5.52 Å². The number of piperazine rings is 1. The number of H-pyrrole nitrogens is 1. The monoisotopic (exact) mass is 502 g/mol. The zero-order valence-corrected chi connectivity index (χ0v) is 21.4. The molecule has 9 heteroatoms. The summed E-state index contributed by atoms with van der Waals surface area (Å²) in [5.41, 5.74) is 6.41. The number of aromatic amines is 1. The second-order valence-electron chi connectivity index (χ2n) is 9.78. The molecule has 0 radical (unpaired) electrons. The molecule has 6 rings (SSSR count). The highest BCUT2D eigenvalue weighted by atomic mass is 32.2. The topological polar surface area (TPSA) is 85.7 Å². The number of carbonyl (C=O) groups is 1. The van der Waals surface area contributed by atoms with Gasteiger partial charge in [0, 0.05) is 61.6 Å². The first-order valence-electron chi connectivity index (χ1n) is 12.4. The van der Waals surface area contributed by atoms with E-state index in [4.69, 9.17) is 4.98 Å². The van der Waals surface area contributed by atoms with Gasteiger partial charge in [-0.15, -0.1) is 11.8 Å². The zero-order chi connectivity index (χ0) is 24.8. The van der Waals surface area contributed by atoms with Crippen molar-refractivity contribution in [3.8, 4) is 0 Å². The molecule has 36 heavy (non-hydrogen) atoms. The van der Waals surface area contributed by atoms with E-state index >= 15 is 0 Å². The maximum atomic E-state index is 12.5. The lowest BCUT2D eigenvalue weighted by molar-refractivity contribution is 0.0951. The molecule has 2 N–H and O–H groups in total. The van der Waals surface area contributed by atoms with Crippen LogP contribution in [0.3, 0.4) is 0 Å². The first kappa shape index (κ1) is 23.1. The molecule has 186 valence electrons. The first-order chi connectivity index (χ1) is 17.5. The van der Waals surface area contributed by atoms with Crippen LogP contribution in [0.25, 0.3) is 16.6 Å². The Labute approximate surface area is 213 Å². The number of amides is 1. The predicted molar refractivity (Wildman–Crippen MR) is 144 cm³/mol. The molecule has 0 spiro atoms. The van der Waals surface area contributed by atoms with E-state index in [1.54, 1.807) is 22.4 Å². The van der Waals surface area contributed by atoms with Crippen molar-refractivity contribution in [2.75, 3.05) is 37.3 Å². The highest BCUT2D eigenvalue weighted by Gasteiger charge is 2.25. The molecule has 1 saturated heterocycles. The minimum absolute atomic E-state index is 0.0300. The minimum atomic E-state index is -0.140. The number of aryl methyl sites for hydroxylation is 1. The molecule has 2 fully saturated rings. The van der Waals surface area contributed by atoms with Crippen molar-refractivity contribution in [1.29, 1.82) is 0 Å². The number of fused-ring (bicyclic) bond motifs is 3. The van der Waals surface area contributed by atoms with Gasteiger partial charge in [0.15, 0.2) is 0 Å². The number of hydrogen-bond donors (Lipinski definition) is 2. The molecule has 8 nitrogen and oxygen atoms in total. The van der Waals surface area contributed by atoms with Gasteiger partial charge in [-0.25, -0.2) is 4.79 Å². The summed E-state index contributed by atoms with van der Waals surface area (Å²) in [7, 11) is 0. The Hall–Kier alpha value is -3.30. The normalized spacial score (nSPS) is 16.7. The molecule has 0 bridgehead atoms. The fourth-order valence-corrected chi connectivity index (χ4v) is 5.69. The molecule has 4 heterocycles. The van der Waals surface area contributed by atoms with Crippen molar-refractivity contribution < 1.29 is 4.79 Å². The molecular formula is C27H30N6O2S. The SMILES string of the molecule is CSc1cc(C(=O)NC2CC2)ccc1N1CCN(Cc2cnc3c(c2)[nH]c(=O)n2ccc(C)c32)CC1. The van der Waals surface area contributed by atoms with E-state index in [1.807, 2.05) is 31.3 Å². The van der Waals surface area contributed by atoms with Crippen molar-refractivity contribution in [3.05, 3.63) is 69.9 Å². The molecule has 2 aliphatic rings. The molecule has 1 amide bonds. The van der Waals surface area contributed by atoms with Crippen molar-refractivity contribution in [1.82, 2.24) is 24.6 Å². The average molecular weight is 503 g/mol. The number of pyridine rings is 1. The van der Waals surface area contributed by atoms with E-state index in [0.717, 1.165) is 83.7 Å². The lowest BCUT2D eigenvalue weighted by Gasteiger charge is -2.37. The summed E-state index contributed by atoms with van der Waals surface area (Å²) in [5, 5.41) is 3.08. The van der Waals surface area contributed by atoms with Crippen molar-refractivity contribution >= 4 is 39.9 Å². The van der Waals surface area contributed by atoms with Gasteiger partial charge in [-0.05, 0) is 67.5 Å². The van der Waals surface area contributed by atoms with Gasteiger partial charge in [-0.3, -0.25) is 19.1 Å². The standard InChI is InChI=1S/C27H30N6O2S/c1-17-7-8-33-25(17)24-21(30-27(33)35)13-18(15-28-24)16-31-9-11-32(12-10-31)22-6-3-19(14-23(22)36-2)26(34)29-20-4-5-20/h3,6-8,13-15,20H,4-5,9-12,16H2,1-2H3,(H,29,34)(H,30,35). The average Bonchev–Trinajstić information content (AvgIpc) is 3.62. The van der Waals surface area contributed by atoms with Crippen LogP contribution in [-0.2, 0) is 6.54 Å². The third-order valence-corrected chi connectivity index (χ3v) is 7.96. The number of hydrogen-bond acceptors (Lipinski definition) is 6. The number of benzene rings is 1. The van der Waals surface area contributed by atoms with Crippen LogP contribution in [0.2, 0.25) is 0 Å². The van der Waals surface area contributed by atoms with E-state index in [0.29, 0.717) is 6.04 Å². The van der Waals surface area contributed by atoms with E-state index < -0.39 is 0 Å². The van der Waals surface area contributed by atoms with Crippen LogP contribution < -0.4 is 15.9 Å². The third kappa shape index (κ3) is 4.37. The Balaban J connectivity index is 1.14. The van der Waals surface area contributed by atoms with Gasteiger partial charge in [0.2, 0.25) is 0 Å². The number of rotatable bonds is 6. The Morgan fingerprint density at radius 3 is 2.72 bits per heavy atom. The van der Waals surface area contributed by atoms with Crippen LogP contribution in [0, 0.1) is 6.92 Å². The summed E-state index contributed by atoms with van der Waals surface area (Å²) in [6.07, 6.45) is 7.96. The zero-order valence-electron chi connectivity index (χ0n) is 20.6.